The Morgan fingerprint density at radius 3 is 1.58 bits per heavy atom. The molecule has 3 aromatic carbocycles. The molecular formula is C51H70O2. The van der Waals surface area contributed by atoms with E-state index in [-0.39, 0.29) is 10.8 Å². The van der Waals surface area contributed by atoms with E-state index in [1.165, 1.54) is 108 Å². The number of phenolic OH excluding ortho intramolecular Hbond substituents is 2. The Kier molecular flexibility index (Phi) is 12.9. The van der Waals surface area contributed by atoms with Crippen molar-refractivity contribution < 1.29 is 10.2 Å². The van der Waals surface area contributed by atoms with E-state index < -0.39 is 5.41 Å². The van der Waals surface area contributed by atoms with Gasteiger partial charge in [0.1, 0.15) is 11.5 Å². The van der Waals surface area contributed by atoms with Gasteiger partial charge >= 0.3 is 0 Å². The van der Waals surface area contributed by atoms with Gasteiger partial charge < -0.3 is 10.2 Å². The molecule has 0 unspecified atom stereocenters. The van der Waals surface area contributed by atoms with Gasteiger partial charge in [0.25, 0.3) is 0 Å². The van der Waals surface area contributed by atoms with Crippen molar-refractivity contribution in [3.05, 3.63) is 115 Å². The standard InChI is InChI=1S/C51H70O2/c1-11-13-15-16-17-18-19-20-21-22-26-38-34-51(42-32-44(49(5,6)7)46(52)29-35(42)3,43-33-45(50(8,9)10)47(53)30-36(43)4)41(28-14-12-2)40-31-37-25-23-24-27-39(37)48(38)40/h23-25,27,29-34,52-53H,11-22,26,28H2,1-10H3. The summed E-state index contributed by atoms with van der Waals surface area (Å²) in [4.78, 5) is 0. The molecule has 0 heterocycles. The van der Waals surface area contributed by atoms with Gasteiger partial charge in [0.15, 0.2) is 0 Å². The minimum atomic E-state index is -0.573. The van der Waals surface area contributed by atoms with Crippen LogP contribution < -0.4 is 10.4 Å². The fraction of sp³-hybridized carbons (Fsp3) is 0.529. The van der Waals surface area contributed by atoms with Crippen LogP contribution in [0.3, 0.4) is 0 Å². The molecule has 0 bridgehead atoms. The summed E-state index contributed by atoms with van der Waals surface area (Å²) in [7, 11) is 0. The number of benzene rings is 3. The highest BCUT2D eigenvalue weighted by molar-refractivity contribution is 5.95. The molecule has 0 saturated heterocycles. The molecular weight excluding hydrogens is 645 g/mol. The van der Waals surface area contributed by atoms with Gasteiger partial charge in [0, 0.05) is 0 Å². The second-order valence-electron chi connectivity index (χ2n) is 18.4. The first-order valence-electron chi connectivity index (χ1n) is 21.1. The van der Waals surface area contributed by atoms with Gasteiger partial charge in [-0.3, -0.25) is 0 Å². The highest BCUT2D eigenvalue weighted by Gasteiger charge is 2.45. The molecule has 3 aromatic rings. The van der Waals surface area contributed by atoms with Crippen molar-refractivity contribution in [2.24, 2.45) is 0 Å². The van der Waals surface area contributed by atoms with E-state index in [9.17, 15) is 10.2 Å². The van der Waals surface area contributed by atoms with E-state index in [2.05, 4.69) is 118 Å². The normalized spacial score (nSPS) is 15.4. The lowest BCUT2D eigenvalue weighted by atomic mass is 9.59. The first kappa shape index (κ1) is 40.7. The van der Waals surface area contributed by atoms with Gasteiger partial charge in [-0.05, 0) is 147 Å². The molecule has 0 amide bonds. The molecule has 0 atom stereocenters. The van der Waals surface area contributed by atoms with Crippen molar-refractivity contribution in [2.75, 3.05) is 0 Å². The average molecular weight is 715 g/mol. The Bertz CT molecular complexity index is 1880. The molecule has 2 N–H and O–H groups in total. The predicted molar refractivity (Wildman–Crippen MR) is 229 cm³/mol. The third-order valence-corrected chi connectivity index (χ3v) is 12.0. The third kappa shape index (κ3) is 8.58. The molecule has 2 nitrogen and oxygen atoms in total. The van der Waals surface area contributed by atoms with Crippen LogP contribution in [0.5, 0.6) is 11.5 Å². The molecule has 5 rings (SSSR count). The van der Waals surface area contributed by atoms with E-state index in [0.717, 1.165) is 47.9 Å². The van der Waals surface area contributed by atoms with Crippen LogP contribution in [0, 0.1) is 13.8 Å². The Morgan fingerprint density at radius 2 is 1.08 bits per heavy atom. The molecule has 286 valence electrons. The van der Waals surface area contributed by atoms with Crippen molar-refractivity contribution in [1.29, 1.82) is 0 Å². The van der Waals surface area contributed by atoms with Gasteiger partial charge in [0.05, 0.1) is 5.41 Å². The number of phenols is 2. The number of aromatic hydroxyl groups is 2. The number of rotatable bonds is 16. The molecule has 2 aliphatic carbocycles. The van der Waals surface area contributed by atoms with Crippen LogP contribution in [0.2, 0.25) is 0 Å². The highest BCUT2D eigenvalue weighted by Crippen LogP contribution is 2.55. The summed E-state index contributed by atoms with van der Waals surface area (Å²) >= 11 is 0. The topological polar surface area (TPSA) is 40.5 Å². The highest BCUT2D eigenvalue weighted by atomic mass is 16.3. The Labute approximate surface area is 322 Å². The molecule has 0 aromatic heterocycles. The fourth-order valence-corrected chi connectivity index (χ4v) is 9.19. The first-order chi connectivity index (χ1) is 25.1. The van der Waals surface area contributed by atoms with Crippen molar-refractivity contribution in [1.82, 2.24) is 0 Å². The van der Waals surface area contributed by atoms with Gasteiger partial charge in [-0.25, -0.2) is 0 Å². The maximum atomic E-state index is 11.5. The van der Waals surface area contributed by atoms with Crippen molar-refractivity contribution in [2.45, 2.75) is 175 Å². The van der Waals surface area contributed by atoms with Gasteiger partial charge in [-0.15, -0.1) is 0 Å². The molecule has 0 spiro atoms. The largest absolute Gasteiger partial charge is 0.508 e. The molecule has 2 aliphatic rings. The first-order valence-corrected chi connectivity index (χ1v) is 21.1. The zero-order chi connectivity index (χ0) is 38.6. The van der Waals surface area contributed by atoms with Crippen LogP contribution in [0.15, 0.2) is 71.3 Å². The van der Waals surface area contributed by atoms with E-state index in [4.69, 9.17) is 0 Å². The van der Waals surface area contributed by atoms with E-state index >= 15 is 0 Å². The quantitative estimate of drug-likeness (QED) is 0.145. The van der Waals surface area contributed by atoms with Crippen molar-refractivity contribution >= 4 is 11.6 Å². The maximum Gasteiger partial charge on any atom is 0.119 e. The Balaban J connectivity index is 1.77. The lowest BCUT2D eigenvalue weighted by Gasteiger charge is -2.44. The smallest absolute Gasteiger partial charge is 0.119 e. The summed E-state index contributed by atoms with van der Waals surface area (Å²) in [5.74, 6) is 0.735. The fourth-order valence-electron chi connectivity index (χ4n) is 9.19. The maximum absolute atomic E-state index is 11.5. The minimum absolute atomic E-state index is 0.241. The number of aryl methyl sites for hydroxylation is 2. The Morgan fingerprint density at radius 1 is 0.585 bits per heavy atom. The zero-order valence-electron chi connectivity index (χ0n) is 35.1. The monoisotopic (exact) mass is 715 g/mol. The van der Waals surface area contributed by atoms with E-state index in [1.54, 1.807) is 0 Å². The van der Waals surface area contributed by atoms with Crippen molar-refractivity contribution in [3.63, 3.8) is 0 Å². The molecule has 0 fully saturated rings. The van der Waals surface area contributed by atoms with Crippen LogP contribution in [-0.4, -0.2) is 10.2 Å². The molecule has 0 aliphatic heterocycles. The average Bonchev–Trinajstić information content (AvgIpc) is 3.47. The Hall–Kier alpha value is -3.52. The number of hydrogen-bond acceptors (Lipinski definition) is 2. The molecule has 0 saturated carbocycles. The van der Waals surface area contributed by atoms with Crippen LogP contribution in [0.25, 0.3) is 11.6 Å². The summed E-state index contributed by atoms with van der Waals surface area (Å²) in [5, 5.41) is 25.6. The minimum Gasteiger partial charge on any atom is -0.508 e. The van der Waals surface area contributed by atoms with Crippen LogP contribution in [0.4, 0.5) is 0 Å². The number of allylic oxidation sites excluding steroid dienone is 4. The SMILES string of the molecule is CCCCCCCCCCCCC1=CC(c2cc(C(C)(C)C)c(O)cc2C)(c2cc(C(C)(C)C)c(O)cc2C)C(CCCC)=C2C=c3ccccc3=C12. The van der Waals surface area contributed by atoms with Gasteiger partial charge in [-0.1, -0.05) is 150 Å². The van der Waals surface area contributed by atoms with Gasteiger partial charge in [-0.2, -0.15) is 0 Å². The van der Waals surface area contributed by atoms with E-state index in [1.807, 2.05) is 12.1 Å². The second kappa shape index (κ2) is 16.9. The number of fused-ring (bicyclic) bond motifs is 2. The lowest BCUT2D eigenvalue weighted by molar-refractivity contribution is 0.444. The second-order valence-corrected chi connectivity index (χ2v) is 18.4. The van der Waals surface area contributed by atoms with Gasteiger partial charge in [0.2, 0.25) is 0 Å². The molecule has 53 heavy (non-hydrogen) atoms. The number of hydrogen-bond donors (Lipinski definition) is 2. The number of unbranched alkanes of at least 4 members (excludes halogenated alkanes) is 10. The molecule has 2 heteroatoms. The zero-order valence-corrected chi connectivity index (χ0v) is 35.1. The van der Waals surface area contributed by atoms with Crippen LogP contribution in [-0.2, 0) is 16.2 Å². The summed E-state index contributed by atoms with van der Waals surface area (Å²) in [6.07, 6.45) is 22.6. The summed E-state index contributed by atoms with van der Waals surface area (Å²) < 4.78 is 0. The van der Waals surface area contributed by atoms with E-state index in [0.29, 0.717) is 11.5 Å². The lowest BCUT2D eigenvalue weighted by Crippen LogP contribution is -2.35. The van der Waals surface area contributed by atoms with Crippen LogP contribution in [0.1, 0.15) is 179 Å². The third-order valence-electron chi connectivity index (χ3n) is 12.0. The van der Waals surface area contributed by atoms with Crippen molar-refractivity contribution in [3.8, 4) is 11.5 Å². The summed E-state index contributed by atoms with van der Waals surface area (Å²) in [6, 6.07) is 17.7. The predicted octanol–water partition coefficient (Wildman–Crippen LogP) is 13.0. The summed E-state index contributed by atoms with van der Waals surface area (Å²) in [5.41, 5.74) is 11.3. The molecule has 0 radical (unpaired) electrons. The summed E-state index contributed by atoms with van der Waals surface area (Å²) in [6.45, 7) is 22.2. The van der Waals surface area contributed by atoms with Crippen LogP contribution >= 0.6 is 0 Å².